The third kappa shape index (κ3) is 2.73. The fraction of sp³-hybridized carbons (Fsp3) is 0.250. The van der Waals surface area contributed by atoms with Crippen LogP contribution in [0.5, 0.6) is 0 Å². The van der Waals surface area contributed by atoms with E-state index in [4.69, 9.17) is 5.11 Å². The van der Waals surface area contributed by atoms with Gasteiger partial charge in [-0.1, -0.05) is 30.3 Å². The average Bonchev–Trinajstić information content (AvgIpc) is 2.17. The SMILES string of the molecule is CC=C(C)c1ccc(CC(=O)O)cc1. The first-order valence-electron chi connectivity index (χ1n) is 4.57. The van der Waals surface area contributed by atoms with Gasteiger partial charge in [0.05, 0.1) is 6.42 Å². The number of carbonyl (C=O) groups is 1. The molecule has 0 amide bonds. The van der Waals surface area contributed by atoms with E-state index in [1.807, 2.05) is 44.2 Å². The standard InChI is InChI=1S/C12H14O2/c1-3-9(2)11-6-4-10(5-7-11)8-12(13)14/h3-7H,8H2,1-2H3,(H,13,14). The van der Waals surface area contributed by atoms with Crippen LogP contribution in [-0.2, 0) is 11.2 Å². The van der Waals surface area contributed by atoms with Gasteiger partial charge in [0.25, 0.3) is 0 Å². The summed E-state index contributed by atoms with van der Waals surface area (Å²) >= 11 is 0. The lowest BCUT2D eigenvalue weighted by Crippen LogP contribution is -1.99. The summed E-state index contributed by atoms with van der Waals surface area (Å²) in [7, 11) is 0. The highest BCUT2D eigenvalue weighted by Gasteiger charge is 2.00. The molecule has 0 aliphatic rings. The Labute approximate surface area is 83.9 Å². The molecule has 0 aliphatic carbocycles. The minimum Gasteiger partial charge on any atom is -0.481 e. The molecule has 0 saturated carbocycles. The van der Waals surface area contributed by atoms with Crippen molar-refractivity contribution in [3.63, 3.8) is 0 Å². The molecule has 0 unspecified atom stereocenters. The summed E-state index contributed by atoms with van der Waals surface area (Å²) in [5.74, 6) is -0.791. The number of benzene rings is 1. The largest absolute Gasteiger partial charge is 0.481 e. The smallest absolute Gasteiger partial charge is 0.307 e. The predicted molar refractivity (Wildman–Crippen MR) is 57.1 cm³/mol. The molecule has 0 spiro atoms. The van der Waals surface area contributed by atoms with Crippen molar-refractivity contribution < 1.29 is 9.90 Å². The molecule has 14 heavy (non-hydrogen) atoms. The minimum absolute atomic E-state index is 0.0924. The Bertz CT molecular complexity index is 347. The second kappa shape index (κ2) is 4.61. The fourth-order valence-electron chi connectivity index (χ4n) is 1.23. The van der Waals surface area contributed by atoms with Gasteiger partial charge in [0.15, 0.2) is 0 Å². The van der Waals surface area contributed by atoms with Crippen LogP contribution < -0.4 is 0 Å². The van der Waals surface area contributed by atoms with Crippen LogP contribution >= 0.6 is 0 Å². The van der Waals surface area contributed by atoms with Gasteiger partial charge in [-0.05, 0) is 30.5 Å². The molecule has 0 radical (unpaired) electrons. The number of rotatable bonds is 3. The molecule has 1 rings (SSSR count). The normalized spacial score (nSPS) is 11.4. The molecular formula is C12H14O2. The van der Waals surface area contributed by atoms with Crippen molar-refractivity contribution >= 4 is 11.5 Å². The molecule has 0 saturated heterocycles. The van der Waals surface area contributed by atoms with Gasteiger partial charge in [0.1, 0.15) is 0 Å². The zero-order chi connectivity index (χ0) is 10.6. The molecule has 2 heteroatoms. The summed E-state index contributed by atoms with van der Waals surface area (Å²) in [4.78, 5) is 10.4. The van der Waals surface area contributed by atoms with Crippen LogP contribution in [0.1, 0.15) is 25.0 Å². The molecule has 1 aromatic rings. The minimum atomic E-state index is -0.791. The van der Waals surface area contributed by atoms with Crippen LogP contribution in [0.25, 0.3) is 5.57 Å². The van der Waals surface area contributed by atoms with Crippen molar-refractivity contribution in [1.29, 1.82) is 0 Å². The number of allylic oxidation sites excluding steroid dienone is 2. The highest BCUT2D eigenvalue weighted by Crippen LogP contribution is 2.14. The average molecular weight is 190 g/mol. The third-order valence-corrected chi connectivity index (χ3v) is 2.20. The highest BCUT2D eigenvalue weighted by atomic mass is 16.4. The van der Waals surface area contributed by atoms with Gasteiger partial charge < -0.3 is 5.11 Å². The van der Waals surface area contributed by atoms with Crippen LogP contribution in [0.15, 0.2) is 30.3 Å². The zero-order valence-corrected chi connectivity index (χ0v) is 8.45. The summed E-state index contributed by atoms with van der Waals surface area (Å²) in [5.41, 5.74) is 3.18. The second-order valence-electron chi connectivity index (χ2n) is 3.24. The van der Waals surface area contributed by atoms with Crippen LogP contribution in [-0.4, -0.2) is 11.1 Å². The Morgan fingerprint density at radius 2 is 1.93 bits per heavy atom. The molecule has 0 aromatic heterocycles. The van der Waals surface area contributed by atoms with Gasteiger partial charge in [0, 0.05) is 0 Å². The summed E-state index contributed by atoms with van der Waals surface area (Å²) in [6.45, 7) is 4.02. The van der Waals surface area contributed by atoms with Crippen molar-refractivity contribution in [2.24, 2.45) is 0 Å². The number of hydrogen-bond donors (Lipinski definition) is 1. The zero-order valence-electron chi connectivity index (χ0n) is 8.45. The first kappa shape index (κ1) is 10.5. The summed E-state index contributed by atoms with van der Waals surface area (Å²) in [6, 6.07) is 7.62. The molecule has 2 nitrogen and oxygen atoms in total. The van der Waals surface area contributed by atoms with E-state index in [1.54, 1.807) is 0 Å². The van der Waals surface area contributed by atoms with E-state index in [2.05, 4.69) is 0 Å². The van der Waals surface area contributed by atoms with Gasteiger partial charge in [-0.25, -0.2) is 0 Å². The summed E-state index contributed by atoms with van der Waals surface area (Å²) in [6.07, 6.45) is 2.13. The van der Waals surface area contributed by atoms with Gasteiger partial charge >= 0.3 is 5.97 Å². The third-order valence-electron chi connectivity index (χ3n) is 2.20. The van der Waals surface area contributed by atoms with Crippen LogP contribution in [0.2, 0.25) is 0 Å². The maximum atomic E-state index is 10.4. The quantitative estimate of drug-likeness (QED) is 0.795. The lowest BCUT2D eigenvalue weighted by Gasteiger charge is -2.02. The predicted octanol–water partition coefficient (Wildman–Crippen LogP) is 2.74. The number of carboxylic acid groups (broad SMARTS) is 1. The van der Waals surface area contributed by atoms with Crippen molar-refractivity contribution in [3.8, 4) is 0 Å². The van der Waals surface area contributed by atoms with Crippen LogP contribution in [0.4, 0.5) is 0 Å². The lowest BCUT2D eigenvalue weighted by molar-refractivity contribution is -0.136. The van der Waals surface area contributed by atoms with Gasteiger partial charge in [0.2, 0.25) is 0 Å². The number of carboxylic acids is 1. The molecular weight excluding hydrogens is 176 g/mol. The van der Waals surface area contributed by atoms with E-state index >= 15 is 0 Å². The molecule has 74 valence electrons. The molecule has 0 heterocycles. The van der Waals surface area contributed by atoms with Crippen molar-refractivity contribution in [2.45, 2.75) is 20.3 Å². The maximum Gasteiger partial charge on any atom is 0.307 e. The maximum absolute atomic E-state index is 10.4. The van der Waals surface area contributed by atoms with Crippen molar-refractivity contribution in [1.82, 2.24) is 0 Å². The topological polar surface area (TPSA) is 37.3 Å². The van der Waals surface area contributed by atoms with E-state index in [9.17, 15) is 4.79 Å². The van der Waals surface area contributed by atoms with E-state index in [0.29, 0.717) is 0 Å². The molecule has 1 N–H and O–H groups in total. The van der Waals surface area contributed by atoms with Crippen molar-refractivity contribution in [3.05, 3.63) is 41.5 Å². The second-order valence-corrected chi connectivity index (χ2v) is 3.24. The van der Waals surface area contributed by atoms with E-state index in [-0.39, 0.29) is 6.42 Å². The Kier molecular flexibility index (Phi) is 3.46. The van der Waals surface area contributed by atoms with Gasteiger partial charge in [-0.3, -0.25) is 4.79 Å². The molecule has 0 atom stereocenters. The molecule has 1 aromatic carbocycles. The lowest BCUT2D eigenvalue weighted by atomic mass is 10.0. The van der Waals surface area contributed by atoms with E-state index in [0.717, 1.165) is 11.1 Å². The Morgan fingerprint density at radius 3 is 2.36 bits per heavy atom. The first-order valence-corrected chi connectivity index (χ1v) is 4.57. The Balaban J connectivity index is 2.83. The van der Waals surface area contributed by atoms with E-state index in [1.165, 1.54) is 5.57 Å². The monoisotopic (exact) mass is 190 g/mol. The fourth-order valence-corrected chi connectivity index (χ4v) is 1.23. The van der Waals surface area contributed by atoms with E-state index < -0.39 is 5.97 Å². The van der Waals surface area contributed by atoms with Crippen LogP contribution in [0, 0.1) is 0 Å². The molecule has 0 bridgehead atoms. The highest BCUT2D eigenvalue weighted by molar-refractivity contribution is 5.71. The molecule has 0 fully saturated rings. The Hall–Kier alpha value is -1.57. The number of aliphatic carboxylic acids is 1. The molecule has 0 aliphatic heterocycles. The van der Waals surface area contributed by atoms with Crippen molar-refractivity contribution in [2.75, 3.05) is 0 Å². The van der Waals surface area contributed by atoms with Gasteiger partial charge in [-0.2, -0.15) is 0 Å². The van der Waals surface area contributed by atoms with Gasteiger partial charge in [-0.15, -0.1) is 0 Å². The first-order chi connectivity index (χ1) is 6.63. The summed E-state index contributed by atoms with van der Waals surface area (Å²) < 4.78 is 0. The number of hydrogen-bond acceptors (Lipinski definition) is 1. The van der Waals surface area contributed by atoms with Crippen LogP contribution in [0.3, 0.4) is 0 Å². The summed E-state index contributed by atoms with van der Waals surface area (Å²) in [5, 5.41) is 8.58. The Morgan fingerprint density at radius 1 is 1.36 bits per heavy atom.